The largest absolute Gasteiger partial charge is 0.481 e. The summed E-state index contributed by atoms with van der Waals surface area (Å²) in [6.07, 6.45) is 7.48. The zero-order chi connectivity index (χ0) is 23.7. The molecule has 0 saturated carbocycles. The summed E-state index contributed by atoms with van der Waals surface area (Å²) in [5, 5.41) is 18.2. The summed E-state index contributed by atoms with van der Waals surface area (Å²) in [4.78, 5) is 23.9. The second-order valence-corrected chi connectivity index (χ2v) is 8.95. The molecule has 2 aliphatic heterocycles. The van der Waals surface area contributed by atoms with Crippen molar-refractivity contribution in [3.63, 3.8) is 0 Å². The summed E-state index contributed by atoms with van der Waals surface area (Å²) < 4.78 is 7.16. The molecule has 0 atom stereocenters. The first-order valence-electron chi connectivity index (χ1n) is 11.4. The van der Waals surface area contributed by atoms with Crippen molar-refractivity contribution in [3.8, 4) is 17.0 Å². The van der Waals surface area contributed by atoms with Gasteiger partial charge in [0, 0.05) is 62.1 Å². The second-order valence-electron chi connectivity index (χ2n) is 8.95. The average Bonchev–Trinajstić information content (AvgIpc) is 3.45. The minimum atomic E-state index is -0.795. The molecule has 9 nitrogen and oxygen atoms in total. The average molecular weight is 461 g/mol. The number of carbonyl (C=O) groups is 1. The number of aromatic nitrogens is 3. The van der Waals surface area contributed by atoms with Gasteiger partial charge >= 0.3 is 6.03 Å². The Kier molecular flexibility index (Phi) is 5.79. The number of rotatable bonds is 4. The molecule has 1 aromatic carbocycles. The van der Waals surface area contributed by atoms with Gasteiger partial charge in [-0.1, -0.05) is 30.3 Å². The van der Waals surface area contributed by atoms with Gasteiger partial charge in [-0.15, -0.1) is 0 Å². The van der Waals surface area contributed by atoms with Crippen molar-refractivity contribution in [2.24, 2.45) is 12.0 Å². The quantitative estimate of drug-likeness (QED) is 0.623. The number of benzene rings is 1. The van der Waals surface area contributed by atoms with Gasteiger partial charge < -0.3 is 14.7 Å². The molecular formula is C25H28N6O3. The maximum Gasteiger partial charge on any atom is 0.322 e. The Bertz CT molecular complexity index is 1230. The van der Waals surface area contributed by atoms with Crippen LogP contribution in [0.1, 0.15) is 24.0 Å². The maximum atomic E-state index is 13.0. The molecule has 0 radical (unpaired) electrons. The number of hydrogen-bond donors (Lipinski definition) is 2. The van der Waals surface area contributed by atoms with Crippen LogP contribution in [0.3, 0.4) is 0 Å². The van der Waals surface area contributed by atoms with E-state index in [1.54, 1.807) is 29.1 Å². The van der Waals surface area contributed by atoms with Crippen molar-refractivity contribution in [2.75, 3.05) is 20.2 Å². The lowest BCUT2D eigenvalue weighted by Gasteiger charge is -2.38. The topological polar surface area (TPSA) is 105 Å². The number of amidine groups is 1. The van der Waals surface area contributed by atoms with E-state index in [-0.39, 0.29) is 6.03 Å². The third-order valence-corrected chi connectivity index (χ3v) is 6.52. The highest BCUT2D eigenvalue weighted by molar-refractivity contribution is 6.04. The van der Waals surface area contributed by atoms with E-state index < -0.39 is 5.60 Å². The van der Waals surface area contributed by atoms with Crippen LogP contribution in [-0.2, 0) is 19.9 Å². The summed E-state index contributed by atoms with van der Waals surface area (Å²) in [5.41, 5.74) is 3.64. The van der Waals surface area contributed by atoms with Crippen LogP contribution in [0.15, 0.2) is 53.9 Å². The van der Waals surface area contributed by atoms with E-state index in [0.717, 1.165) is 27.9 Å². The standard InChI is InChI=1S/C25H28N6O3/c1-30-16-18(14-27-30)20-15-26-23(34-2)19-12-21(28-22(19)20)29-24(32)31-10-8-25(33,9-11-31)13-17-6-4-3-5-7-17/h3-7,14-16,33H,8-13H2,1-2H3,(H,28,29,32). The number of ether oxygens (including phenoxy) is 1. The van der Waals surface area contributed by atoms with Gasteiger partial charge in [0.15, 0.2) is 0 Å². The fraction of sp³-hybridized carbons (Fsp3) is 0.360. The Morgan fingerprint density at radius 3 is 2.65 bits per heavy atom. The van der Waals surface area contributed by atoms with Crippen LogP contribution >= 0.6 is 0 Å². The zero-order valence-corrected chi connectivity index (χ0v) is 19.4. The van der Waals surface area contributed by atoms with E-state index in [9.17, 15) is 9.90 Å². The van der Waals surface area contributed by atoms with Gasteiger partial charge in [0.1, 0.15) is 5.84 Å². The molecule has 9 heteroatoms. The van der Waals surface area contributed by atoms with Crippen LogP contribution in [0, 0.1) is 0 Å². The molecule has 5 rings (SSSR count). The first kappa shape index (κ1) is 22.1. The second kappa shape index (κ2) is 8.90. The van der Waals surface area contributed by atoms with E-state index in [2.05, 4.69) is 15.4 Å². The number of aryl methyl sites for hydroxylation is 1. The Balaban J connectivity index is 1.26. The third-order valence-electron chi connectivity index (χ3n) is 6.52. The van der Waals surface area contributed by atoms with Gasteiger partial charge in [0.2, 0.25) is 5.88 Å². The number of hydrogen-bond acceptors (Lipinski definition) is 6. The SMILES string of the molecule is COc1ncc(-c2cnn(C)c2)c2c1CC(NC(=O)N1CCC(O)(Cc3ccccc3)CC1)=N2. The molecule has 0 unspecified atom stereocenters. The molecule has 2 amide bonds. The Labute approximate surface area is 198 Å². The van der Waals surface area contributed by atoms with Gasteiger partial charge in [-0.2, -0.15) is 5.10 Å². The van der Waals surface area contributed by atoms with E-state index in [1.807, 2.05) is 43.6 Å². The van der Waals surface area contributed by atoms with Gasteiger partial charge in [0.05, 0.1) is 24.6 Å². The highest BCUT2D eigenvalue weighted by Crippen LogP contribution is 2.40. The monoisotopic (exact) mass is 460 g/mol. The van der Waals surface area contributed by atoms with Crippen molar-refractivity contribution in [2.45, 2.75) is 31.3 Å². The minimum absolute atomic E-state index is 0.205. The van der Waals surface area contributed by atoms with E-state index in [0.29, 0.717) is 50.5 Å². The van der Waals surface area contributed by atoms with E-state index >= 15 is 0 Å². The zero-order valence-electron chi connectivity index (χ0n) is 19.4. The molecule has 1 saturated heterocycles. The number of piperidine rings is 1. The molecule has 2 N–H and O–H groups in total. The first-order valence-corrected chi connectivity index (χ1v) is 11.4. The number of carbonyl (C=O) groups excluding carboxylic acids is 1. The van der Waals surface area contributed by atoms with Crippen molar-refractivity contribution < 1.29 is 14.6 Å². The normalized spacial score (nSPS) is 16.7. The number of aliphatic hydroxyl groups is 1. The lowest BCUT2D eigenvalue weighted by Crippen LogP contribution is -2.51. The number of likely N-dealkylation sites (tertiary alicyclic amines) is 1. The Hall–Kier alpha value is -3.72. The molecule has 1 fully saturated rings. The van der Waals surface area contributed by atoms with Crippen LogP contribution in [0.2, 0.25) is 0 Å². The predicted octanol–water partition coefficient (Wildman–Crippen LogP) is 2.86. The number of aliphatic imine (C=N–C) groups is 1. The molecular weight excluding hydrogens is 432 g/mol. The number of methoxy groups -OCH3 is 1. The number of amides is 2. The summed E-state index contributed by atoms with van der Waals surface area (Å²) in [7, 11) is 3.43. The van der Waals surface area contributed by atoms with Crippen LogP contribution in [-0.4, -0.2) is 62.4 Å². The number of nitrogens with one attached hydrogen (secondary N) is 1. The van der Waals surface area contributed by atoms with Gasteiger partial charge in [-0.05, 0) is 18.4 Å². The smallest absolute Gasteiger partial charge is 0.322 e. The minimum Gasteiger partial charge on any atom is -0.481 e. The molecule has 2 aromatic heterocycles. The van der Waals surface area contributed by atoms with Gasteiger partial charge in [-0.25, -0.2) is 14.8 Å². The van der Waals surface area contributed by atoms with Crippen LogP contribution in [0.25, 0.3) is 11.1 Å². The molecule has 0 bridgehead atoms. The number of fused-ring (bicyclic) bond motifs is 1. The van der Waals surface area contributed by atoms with Crippen LogP contribution in [0.5, 0.6) is 5.88 Å². The van der Waals surface area contributed by atoms with Gasteiger partial charge in [-0.3, -0.25) is 10.00 Å². The van der Waals surface area contributed by atoms with Crippen molar-refractivity contribution >= 4 is 17.6 Å². The lowest BCUT2D eigenvalue weighted by atomic mass is 9.85. The number of urea groups is 1. The molecule has 176 valence electrons. The predicted molar refractivity (Wildman–Crippen MR) is 128 cm³/mol. The fourth-order valence-electron chi connectivity index (χ4n) is 4.66. The van der Waals surface area contributed by atoms with Crippen molar-refractivity contribution in [1.29, 1.82) is 0 Å². The summed E-state index contributed by atoms with van der Waals surface area (Å²) in [6, 6.07) is 9.77. The summed E-state index contributed by atoms with van der Waals surface area (Å²) in [5.74, 6) is 1.06. The van der Waals surface area contributed by atoms with E-state index in [4.69, 9.17) is 9.73 Å². The van der Waals surface area contributed by atoms with Crippen LogP contribution in [0.4, 0.5) is 10.5 Å². The summed E-state index contributed by atoms with van der Waals surface area (Å²) >= 11 is 0. The maximum absolute atomic E-state index is 13.0. The van der Waals surface area contributed by atoms with Crippen molar-refractivity contribution in [3.05, 3.63) is 60.0 Å². The number of nitrogens with zero attached hydrogens (tertiary/aromatic N) is 5. The first-order chi connectivity index (χ1) is 16.4. The third kappa shape index (κ3) is 4.38. The van der Waals surface area contributed by atoms with E-state index in [1.165, 1.54) is 0 Å². The highest BCUT2D eigenvalue weighted by Gasteiger charge is 2.35. The molecule has 0 spiro atoms. The Morgan fingerprint density at radius 2 is 1.97 bits per heavy atom. The molecule has 3 aromatic rings. The summed E-state index contributed by atoms with van der Waals surface area (Å²) in [6.45, 7) is 0.975. The Morgan fingerprint density at radius 1 is 1.21 bits per heavy atom. The lowest BCUT2D eigenvalue weighted by molar-refractivity contribution is -0.0112. The molecule has 4 heterocycles. The molecule has 0 aliphatic carbocycles. The fourth-order valence-corrected chi connectivity index (χ4v) is 4.66. The highest BCUT2D eigenvalue weighted by atomic mass is 16.5. The van der Waals surface area contributed by atoms with Crippen LogP contribution < -0.4 is 10.1 Å². The van der Waals surface area contributed by atoms with Crippen molar-refractivity contribution in [1.82, 2.24) is 25.0 Å². The molecule has 34 heavy (non-hydrogen) atoms. The number of pyridine rings is 1. The van der Waals surface area contributed by atoms with Gasteiger partial charge in [0.25, 0.3) is 0 Å². The molecule has 2 aliphatic rings.